The third kappa shape index (κ3) is 5.05. The summed E-state index contributed by atoms with van der Waals surface area (Å²) >= 11 is -2.89. The maximum absolute atomic E-state index is 13.1. The summed E-state index contributed by atoms with van der Waals surface area (Å²) in [5.41, 5.74) is 1.78. The molecule has 3 aromatic carbocycles. The van der Waals surface area contributed by atoms with Crippen LogP contribution in [0.2, 0.25) is 0 Å². The summed E-state index contributed by atoms with van der Waals surface area (Å²) in [4.78, 5) is 10.2. The molecule has 0 aliphatic rings. The van der Waals surface area contributed by atoms with Gasteiger partial charge in [-0.3, -0.25) is 10.1 Å². The molecule has 1 radical (unpaired) electrons. The molecular weight excluding hydrogens is 517 g/mol. The molecule has 0 saturated heterocycles. The average Bonchev–Trinajstić information content (AvgIpc) is 2.77. The minimum Gasteiger partial charge on any atom is -0.258 e. The summed E-state index contributed by atoms with van der Waals surface area (Å²) in [6.45, 7) is 4.09. The molecule has 8 heteroatoms. The second kappa shape index (κ2) is 9.67. The molecule has 157 valence electrons. The zero-order chi connectivity index (χ0) is 21.7. The van der Waals surface area contributed by atoms with Gasteiger partial charge in [-0.15, -0.1) is 0 Å². The Hall–Kier alpha value is -2.30. The predicted molar refractivity (Wildman–Crippen MR) is 110 cm³/mol. The van der Waals surface area contributed by atoms with Gasteiger partial charge in [0, 0.05) is 6.07 Å². The maximum Gasteiger partial charge on any atom is 0.342 e. The first-order chi connectivity index (χ1) is 14.4. The van der Waals surface area contributed by atoms with E-state index >= 15 is 0 Å². The van der Waals surface area contributed by atoms with Crippen molar-refractivity contribution in [3.8, 4) is 0 Å². The molecule has 0 spiro atoms. The lowest BCUT2D eigenvalue weighted by Gasteiger charge is -2.08. The number of halogens is 1. The quantitative estimate of drug-likeness (QED) is 0.247. The Kier molecular flexibility index (Phi) is 7.22. The topological polar surface area (TPSA) is 86.5 Å². The molecule has 0 amide bonds. The van der Waals surface area contributed by atoms with Crippen LogP contribution in [-0.2, 0) is 25.5 Å². The van der Waals surface area contributed by atoms with E-state index in [1.165, 1.54) is 24.3 Å². The lowest BCUT2D eigenvalue weighted by Crippen LogP contribution is -3.85. The van der Waals surface area contributed by atoms with Crippen molar-refractivity contribution in [3.63, 3.8) is 0 Å². The summed E-state index contributed by atoms with van der Waals surface area (Å²) in [7, 11) is -4.33. The van der Waals surface area contributed by atoms with Crippen molar-refractivity contribution >= 4 is 15.8 Å². The highest BCUT2D eigenvalue weighted by molar-refractivity contribution is 7.86. The molecule has 0 N–H and O–H groups in total. The van der Waals surface area contributed by atoms with Crippen LogP contribution in [-0.4, -0.2) is 13.3 Å². The Labute approximate surface area is 184 Å². The maximum atomic E-state index is 13.1. The Morgan fingerprint density at radius 1 is 0.833 bits per heavy atom. The molecule has 0 fully saturated rings. The number of aryl methyl sites for hydroxylation is 2. The number of nitrogens with zero attached hydrogens (tertiary/aromatic N) is 1. The lowest BCUT2D eigenvalue weighted by atomic mass is 10.2. The fourth-order valence-corrected chi connectivity index (χ4v) is 9.82. The van der Waals surface area contributed by atoms with Crippen LogP contribution in [0, 0.1) is 17.3 Å². The third-order valence-electron chi connectivity index (χ3n) is 4.52. The molecule has 3 aromatic rings. The van der Waals surface area contributed by atoms with Crippen molar-refractivity contribution in [3.05, 3.63) is 101 Å². The monoisotopic (exact) mass is 539 g/mol. The van der Waals surface area contributed by atoms with E-state index in [4.69, 9.17) is 2.51 Å². The third-order valence-corrected chi connectivity index (χ3v) is 11.9. The Balaban J connectivity index is 2.06. The summed E-state index contributed by atoms with van der Waals surface area (Å²) in [6, 6.07) is 20.7. The summed E-state index contributed by atoms with van der Waals surface area (Å²) in [5.74, 6) is 0. The van der Waals surface area contributed by atoms with Crippen molar-refractivity contribution in [2.45, 2.75) is 31.6 Å². The average molecular weight is 539 g/mol. The van der Waals surface area contributed by atoms with Gasteiger partial charge in [0.1, 0.15) is 0 Å². The van der Waals surface area contributed by atoms with E-state index in [2.05, 4.69) is 0 Å². The molecule has 6 nitrogen and oxygen atoms in total. The molecule has 0 atom stereocenters. The Bertz CT molecular complexity index is 1080. The Morgan fingerprint density at radius 3 is 1.73 bits per heavy atom. The molecule has 3 rings (SSSR count). The van der Waals surface area contributed by atoms with E-state index in [9.17, 15) is 18.5 Å². The van der Waals surface area contributed by atoms with E-state index in [-0.39, 0.29) is 0 Å². The van der Waals surface area contributed by atoms with E-state index in [1.807, 2.05) is 62.4 Å². The second-order valence-electron chi connectivity index (χ2n) is 6.45. The van der Waals surface area contributed by atoms with Crippen LogP contribution < -0.4 is 20.2 Å². The van der Waals surface area contributed by atoms with Gasteiger partial charge in [-0.05, 0) is 56.8 Å². The van der Waals surface area contributed by atoms with Crippen LogP contribution in [0.3, 0.4) is 0 Å². The molecule has 0 unspecified atom stereocenters. The normalized spacial score (nSPS) is 11.6. The number of hydrogen-bond donors (Lipinski definition) is 0. The van der Waals surface area contributed by atoms with E-state index in [0.29, 0.717) is 0 Å². The number of rotatable bonds is 8. The van der Waals surface area contributed by atoms with Crippen LogP contribution in [0.15, 0.2) is 77.7 Å². The number of nitro groups is 1. The first-order valence-electron chi connectivity index (χ1n) is 9.42. The van der Waals surface area contributed by atoms with Gasteiger partial charge >= 0.3 is 30.4 Å². The van der Waals surface area contributed by atoms with Crippen molar-refractivity contribution in [1.82, 2.24) is 0 Å². The van der Waals surface area contributed by atoms with Gasteiger partial charge < -0.3 is 0 Å². The van der Waals surface area contributed by atoms with E-state index in [0.717, 1.165) is 31.1 Å². The number of hydrogen-bond acceptors (Lipinski definition) is 5. The SMILES string of the molecule is CCc1ccc([I+](OS(=O)(=O)c2ccccc2[N+](=O)[O-])c2ccc(CC)cc2)cc1. The van der Waals surface area contributed by atoms with Gasteiger partial charge in [0.25, 0.3) is 5.69 Å². The van der Waals surface area contributed by atoms with Crippen molar-refractivity contribution in [2.75, 3.05) is 0 Å². The van der Waals surface area contributed by atoms with Gasteiger partial charge in [-0.25, -0.2) is 0 Å². The van der Waals surface area contributed by atoms with Gasteiger partial charge in [0.05, 0.1) is 4.92 Å². The highest BCUT2D eigenvalue weighted by Crippen LogP contribution is 2.23. The zero-order valence-corrected chi connectivity index (χ0v) is 19.6. The van der Waals surface area contributed by atoms with Crippen LogP contribution in [0.25, 0.3) is 0 Å². The van der Waals surface area contributed by atoms with Crippen LogP contribution in [0.5, 0.6) is 0 Å². The fraction of sp³-hybridized carbons (Fsp3) is 0.182. The first kappa shape index (κ1) is 22.4. The summed E-state index contributed by atoms with van der Waals surface area (Å²) in [6.07, 6.45) is 1.74. The largest absolute Gasteiger partial charge is 0.342 e. The number of benzene rings is 3. The standard InChI is InChI=1S/C22H22INO5S/c1-3-17-9-13-19(14-10-17)23(20-15-11-18(4-2)12-16-20)29-30(27,28)22-8-6-5-7-21(22)24(25)26/h5-16H,3-4H2,1-2H3/q+1. The number of para-hydroxylation sites is 1. The van der Waals surface area contributed by atoms with Gasteiger partial charge in [-0.2, -0.15) is 8.42 Å². The van der Waals surface area contributed by atoms with Crippen molar-refractivity contribution in [2.24, 2.45) is 0 Å². The molecule has 0 heterocycles. The van der Waals surface area contributed by atoms with Gasteiger partial charge in [0.15, 0.2) is 12.0 Å². The van der Waals surface area contributed by atoms with Crippen molar-refractivity contribution < 1.29 is 36.1 Å². The van der Waals surface area contributed by atoms with Gasteiger partial charge in [0.2, 0.25) is 0 Å². The van der Waals surface area contributed by atoms with E-state index in [1.54, 1.807) is 0 Å². The predicted octanol–water partition coefficient (Wildman–Crippen LogP) is 1.70. The molecule has 0 bridgehead atoms. The van der Waals surface area contributed by atoms with Crippen molar-refractivity contribution in [1.29, 1.82) is 0 Å². The highest BCUT2D eigenvalue weighted by atomic mass is 127. The minimum absolute atomic E-state index is 0.423. The molecule has 0 aliphatic carbocycles. The van der Waals surface area contributed by atoms with Crippen LogP contribution in [0.4, 0.5) is 5.69 Å². The molecule has 0 aliphatic heterocycles. The molecule has 0 aromatic heterocycles. The van der Waals surface area contributed by atoms with Crippen LogP contribution >= 0.6 is 0 Å². The Morgan fingerprint density at radius 2 is 1.30 bits per heavy atom. The van der Waals surface area contributed by atoms with E-state index < -0.39 is 45.9 Å². The molecule has 0 saturated carbocycles. The molecular formula is C22H22INO5S+. The second-order valence-corrected chi connectivity index (χ2v) is 12.9. The minimum atomic E-state index is -4.33. The van der Waals surface area contributed by atoms with Gasteiger partial charge in [-0.1, -0.05) is 50.2 Å². The van der Waals surface area contributed by atoms with Crippen LogP contribution in [0.1, 0.15) is 25.0 Å². The zero-order valence-electron chi connectivity index (χ0n) is 16.6. The molecule has 30 heavy (non-hydrogen) atoms. The fourth-order valence-electron chi connectivity index (χ4n) is 2.80. The highest BCUT2D eigenvalue weighted by Gasteiger charge is 2.40. The summed E-state index contributed by atoms with van der Waals surface area (Å²) < 4.78 is 33.5. The smallest absolute Gasteiger partial charge is 0.258 e. The summed E-state index contributed by atoms with van der Waals surface area (Å²) in [5, 5.41) is 11.3. The first-order valence-corrected chi connectivity index (χ1v) is 13.9. The lowest BCUT2D eigenvalue weighted by molar-refractivity contribution is -1.03. The number of nitro benzene ring substituents is 1.